The molecule has 140 valence electrons. The number of hydrogen-bond acceptors (Lipinski definition) is 6. The third-order valence-corrected chi connectivity index (χ3v) is 4.62. The minimum atomic E-state index is -1.47. The summed E-state index contributed by atoms with van der Waals surface area (Å²) in [5.74, 6) is 0. The Kier molecular flexibility index (Phi) is 6.37. The Hall–Kier alpha value is -1.80. The molecular formula is C20H24O6. The van der Waals surface area contributed by atoms with Gasteiger partial charge in [0.05, 0.1) is 13.2 Å². The van der Waals surface area contributed by atoms with Crippen LogP contribution in [0.1, 0.15) is 11.1 Å². The Balaban J connectivity index is 1.66. The molecule has 6 atom stereocenters. The maximum absolute atomic E-state index is 10.6. The van der Waals surface area contributed by atoms with Crippen LogP contribution in [0.3, 0.4) is 0 Å². The molecule has 0 aromatic heterocycles. The van der Waals surface area contributed by atoms with Crippen molar-refractivity contribution in [2.75, 3.05) is 0 Å². The van der Waals surface area contributed by atoms with Crippen LogP contribution in [0, 0.1) is 0 Å². The molecule has 3 rings (SSSR count). The van der Waals surface area contributed by atoms with Crippen LogP contribution in [0.25, 0.3) is 0 Å². The Morgan fingerprint density at radius 2 is 0.923 bits per heavy atom. The van der Waals surface area contributed by atoms with E-state index in [0.29, 0.717) is 0 Å². The zero-order valence-corrected chi connectivity index (χ0v) is 14.3. The predicted molar refractivity (Wildman–Crippen MR) is 94.1 cm³/mol. The summed E-state index contributed by atoms with van der Waals surface area (Å²) >= 11 is 0. The van der Waals surface area contributed by atoms with Gasteiger partial charge in [0, 0.05) is 0 Å². The number of aliphatic hydroxyl groups is 4. The van der Waals surface area contributed by atoms with Crippen LogP contribution in [0.4, 0.5) is 0 Å². The quantitative estimate of drug-likeness (QED) is 0.603. The lowest BCUT2D eigenvalue weighted by Gasteiger charge is -2.43. The summed E-state index contributed by atoms with van der Waals surface area (Å²) in [7, 11) is 0. The predicted octanol–water partition coefficient (Wildman–Crippen LogP) is 0.614. The highest BCUT2D eigenvalue weighted by Crippen LogP contribution is 2.27. The molecule has 0 aliphatic heterocycles. The molecule has 0 amide bonds. The lowest BCUT2D eigenvalue weighted by molar-refractivity contribution is -0.250. The molecule has 2 aromatic carbocycles. The summed E-state index contributed by atoms with van der Waals surface area (Å²) in [6.45, 7) is 0.321. The molecule has 4 N–H and O–H groups in total. The summed E-state index contributed by atoms with van der Waals surface area (Å²) in [6, 6.07) is 18.6. The number of benzene rings is 2. The van der Waals surface area contributed by atoms with E-state index in [9.17, 15) is 20.4 Å². The molecule has 0 saturated heterocycles. The molecule has 2 unspecified atom stereocenters. The van der Waals surface area contributed by atoms with Crippen LogP contribution in [-0.2, 0) is 22.7 Å². The van der Waals surface area contributed by atoms with Gasteiger partial charge >= 0.3 is 0 Å². The zero-order chi connectivity index (χ0) is 18.5. The van der Waals surface area contributed by atoms with E-state index < -0.39 is 36.6 Å². The van der Waals surface area contributed by atoms with E-state index in [1.807, 2.05) is 60.7 Å². The van der Waals surface area contributed by atoms with Crippen LogP contribution in [0.2, 0.25) is 0 Å². The van der Waals surface area contributed by atoms with Crippen molar-refractivity contribution in [2.45, 2.75) is 49.8 Å². The van der Waals surface area contributed by atoms with Crippen molar-refractivity contribution in [3.8, 4) is 0 Å². The normalized spacial score (nSPS) is 31.7. The SMILES string of the molecule is OC1[C@@H](O)[C@H](OCc2ccccc2)C(O)[C@H](OCc2ccccc2)[C@H]1O. The highest BCUT2D eigenvalue weighted by atomic mass is 16.5. The molecule has 1 fully saturated rings. The van der Waals surface area contributed by atoms with Gasteiger partial charge in [-0.25, -0.2) is 0 Å². The molecule has 0 spiro atoms. The van der Waals surface area contributed by atoms with E-state index in [1.54, 1.807) is 0 Å². The van der Waals surface area contributed by atoms with E-state index in [0.717, 1.165) is 11.1 Å². The fraction of sp³-hybridized carbons (Fsp3) is 0.400. The Morgan fingerprint density at radius 1 is 0.538 bits per heavy atom. The van der Waals surface area contributed by atoms with Crippen molar-refractivity contribution in [1.82, 2.24) is 0 Å². The summed E-state index contributed by atoms with van der Waals surface area (Å²) in [4.78, 5) is 0. The van der Waals surface area contributed by atoms with Crippen LogP contribution < -0.4 is 0 Å². The number of aliphatic hydroxyl groups excluding tert-OH is 4. The van der Waals surface area contributed by atoms with Crippen LogP contribution in [0.5, 0.6) is 0 Å². The first-order valence-corrected chi connectivity index (χ1v) is 8.61. The fourth-order valence-corrected chi connectivity index (χ4v) is 3.11. The maximum Gasteiger partial charge on any atom is 0.115 e. The first-order chi connectivity index (χ1) is 12.6. The number of rotatable bonds is 6. The van der Waals surface area contributed by atoms with Crippen molar-refractivity contribution >= 4 is 0 Å². The molecule has 1 saturated carbocycles. The second kappa shape index (κ2) is 8.73. The minimum Gasteiger partial charge on any atom is -0.387 e. The molecule has 0 radical (unpaired) electrons. The Bertz CT molecular complexity index is 607. The van der Waals surface area contributed by atoms with Gasteiger partial charge in [0.25, 0.3) is 0 Å². The van der Waals surface area contributed by atoms with Crippen LogP contribution >= 0.6 is 0 Å². The van der Waals surface area contributed by atoms with Gasteiger partial charge in [-0.05, 0) is 11.1 Å². The van der Waals surface area contributed by atoms with Gasteiger partial charge in [-0.1, -0.05) is 60.7 Å². The molecule has 1 aliphatic rings. The molecule has 2 aromatic rings. The fourth-order valence-electron chi connectivity index (χ4n) is 3.11. The largest absolute Gasteiger partial charge is 0.387 e. The summed E-state index contributed by atoms with van der Waals surface area (Å²) in [6.07, 6.45) is -7.74. The maximum atomic E-state index is 10.6. The van der Waals surface area contributed by atoms with Crippen molar-refractivity contribution in [3.63, 3.8) is 0 Å². The zero-order valence-electron chi connectivity index (χ0n) is 14.3. The lowest BCUT2D eigenvalue weighted by atomic mass is 9.84. The first kappa shape index (κ1) is 19.0. The number of ether oxygens (including phenoxy) is 2. The summed E-state index contributed by atoms with van der Waals surface area (Å²) in [5, 5.41) is 41.1. The Labute approximate surface area is 152 Å². The van der Waals surface area contributed by atoms with Gasteiger partial charge in [0.2, 0.25) is 0 Å². The second-order valence-electron chi connectivity index (χ2n) is 6.48. The molecule has 6 nitrogen and oxygen atoms in total. The molecule has 0 bridgehead atoms. The smallest absolute Gasteiger partial charge is 0.115 e. The van der Waals surface area contributed by atoms with Gasteiger partial charge in [0.15, 0.2) is 0 Å². The lowest BCUT2D eigenvalue weighted by Crippen LogP contribution is -2.64. The molecular weight excluding hydrogens is 336 g/mol. The highest BCUT2D eigenvalue weighted by molar-refractivity contribution is 5.15. The monoisotopic (exact) mass is 360 g/mol. The third kappa shape index (κ3) is 4.29. The molecule has 0 heterocycles. The highest BCUT2D eigenvalue weighted by Gasteiger charge is 2.50. The van der Waals surface area contributed by atoms with Crippen molar-refractivity contribution in [1.29, 1.82) is 0 Å². The van der Waals surface area contributed by atoms with Crippen LogP contribution in [-0.4, -0.2) is 57.0 Å². The average Bonchev–Trinajstić information content (AvgIpc) is 2.68. The van der Waals surface area contributed by atoms with Gasteiger partial charge in [-0.2, -0.15) is 0 Å². The Morgan fingerprint density at radius 3 is 1.31 bits per heavy atom. The van der Waals surface area contributed by atoms with E-state index >= 15 is 0 Å². The van der Waals surface area contributed by atoms with Gasteiger partial charge in [-0.15, -0.1) is 0 Å². The summed E-state index contributed by atoms with van der Waals surface area (Å²) < 4.78 is 11.3. The molecule has 26 heavy (non-hydrogen) atoms. The van der Waals surface area contributed by atoms with E-state index in [-0.39, 0.29) is 13.2 Å². The average molecular weight is 360 g/mol. The standard InChI is InChI=1S/C20H24O6/c21-15-16(22)19(25-11-13-7-3-1-4-8-13)18(24)20(17(15)23)26-12-14-9-5-2-6-10-14/h1-10,15-24H,11-12H2/t15?,16-,17+,18?,19+,20-. The number of hydrogen-bond donors (Lipinski definition) is 4. The van der Waals surface area contributed by atoms with Gasteiger partial charge < -0.3 is 29.9 Å². The van der Waals surface area contributed by atoms with Gasteiger partial charge in [0.1, 0.15) is 36.6 Å². The van der Waals surface area contributed by atoms with E-state index in [1.165, 1.54) is 0 Å². The molecule has 6 heteroatoms. The van der Waals surface area contributed by atoms with Crippen molar-refractivity contribution in [2.24, 2.45) is 0 Å². The summed E-state index contributed by atoms with van der Waals surface area (Å²) in [5.41, 5.74) is 1.74. The minimum absolute atomic E-state index is 0.161. The van der Waals surface area contributed by atoms with Crippen molar-refractivity contribution in [3.05, 3.63) is 71.8 Å². The first-order valence-electron chi connectivity index (χ1n) is 8.61. The molecule has 1 aliphatic carbocycles. The van der Waals surface area contributed by atoms with E-state index in [4.69, 9.17) is 9.47 Å². The van der Waals surface area contributed by atoms with E-state index in [2.05, 4.69) is 0 Å². The topological polar surface area (TPSA) is 99.4 Å². The van der Waals surface area contributed by atoms with Gasteiger partial charge in [-0.3, -0.25) is 0 Å². The second-order valence-corrected chi connectivity index (χ2v) is 6.48. The van der Waals surface area contributed by atoms with Crippen LogP contribution in [0.15, 0.2) is 60.7 Å². The third-order valence-electron chi connectivity index (χ3n) is 4.62. The van der Waals surface area contributed by atoms with Crippen molar-refractivity contribution < 1.29 is 29.9 Å².